The van der Waals surface area contributed by atoms with Crippen molar-refractivity contribution in [3.63, 3.8) is 0 Å². The molecule has 0 amide bonds. The van der Waals surface area contributed by atoms with E-state index in [1.165, 1.54) is 22.3 Å². The summed E-state index contributed by atoms with van der Waals surface area (Å²) in [6.07, 6.45) is 1.89. The van der Waals surface area contributed by atoms with Crippen LogP contribution in [0.15, 0.2) is 48.0 Å². The van der Waals surface area contributed by atoms with Crippen LogP contribution in [0.3, 0.4) is 0 Å². The Hall–Kier alpha value is -1.84. The second-order valence-corrected chi connectivity index (χ2v) is 6.62. The van der Waals surface area contributed by atoms with E-state index in [0.717, 1.165) is 23.4 Å². The van der Waals surface area contributed by atoms with E-state index in [0.29, 0.717) is 10.7 Å². The fourth-order valence-corrected chi connectivity index (χ4v) is 3.77. The highest BCUT2D eigenvalue weighted by Gasteiger charge is 2.34. The largest absolute Gasteiger partial charge is 0.398 e. The zero-order valence-corrected chi connectivity index (χ0v) is 13.5. The summed E-state index contributed by atoms with van der Waals surface area (Å²) in [6.45, 7) is 0. The van der Waals surface area contributed by atoms with Gasteiger partial charge in [0, 0.05) is 6.42 Å². The number of nitrogens with two attached hydrogens (primary N) is 1. The summed E-state index contributed by atoms with van der Waals surface area (Å²) in [5.74, 6) is 0. The van der Waals surface area contributed by atoms with Gasteiger partial charge in [0.1, 0.15) is 0 Å². The van der Waals surface area contributed by atoms with E-state index >= 15 is 0 Å². The molecule has 2 aliphatic rings. The first-order valence-electron chi connectivity index (χ1n) is 7.32. The zero-order chi connectivity index (χ0) is 15.3. The Morgan fingerprint density at radius 3 is 2.77 bits per heavy atom. The molecular formula is C18H15ClN2S. The first kappa shape index (κ1) is 13.8. The molecule has 1 heterocycles. The highest BCUT2D eigenvalue weighted by atomic mass is 35.5. The summed E-state index contributed by atoms with van der Waals surface area (Å²) in [6, 6.07) is 14.6. The lowest BCUT2D eigenvalue weighted by molar-refractivity contribution is 0.679. The Balaban J connectivity index is 1.93. The average molecular weight is 327 g/mol. The second-order valence-electron chi connectivity index (χ2n) is 5.72. The fourth-order valence-electron chi connectivity index (χ4n) is 3.44. The summed E-state index contributed by atoms with van der Waals surface area (Å²) >= 11 is 11.5. The van der Waals surface area contributed by atoms with Crippen molar-refractivity contribution in [3.8, 4) is 0 Å². The predicted octanol–water partition coefficient (Wildman–Crippen LogP) is 4.49. The van der Waals surface area contributed by atoms with Crippen LogP contribution >= 0.6 is 23.8 Å². The van der Waals surface area contributed by atoms with E-state index in [4.69, 9.17) is 29.6 Å². The Labute approximate surface area is 140 Å². The number of hydrogen-bond donors (Lipinski definition) is 2. The standard InChI is InChI=1S/C18H15ClN2S/c19-14-7-5-10(9-15(14)20)17-11-3-1-2-4-12(11)18-13(17)6-8-16(22)21-18/h1-5,7,9,18H,6,8,20H2,(H,21,22). The number of fused-ring (bicyclic) bond motifs is 3. The van der Waals surface area contributed by atoms with Crippen LogP contribution in [0.2, 0.25) is 5.02 Å². The molecule has 0 radical (unpaired) electrons. The van der Waals surface area contributed by atoms with Gasteiger partial charge in [0.15, 0.2) is 0 Å². The Morgan fingerprint density at radius 2 is 1.95 bits per heavy atom. The van der Waals surface area contributed by atoms with Crippen molar-refractivity contribution in [1.29, 1.82) is 0 Å². The summed E-state index contributed by atoms with van der Waals surface area (Å²) in [4.78, 5) is 0.945. The number of hydrogen-bond acceptors (Lipinski definition) is 2. The molecule has 1 aliphatic carbocycles. The highest BCUT2D eigenvalue weighted by Crippen LogP contribution is 2.47. The van der Waals surface area contributed by atoms with Gasteiger partial charge in [-0.05, 0) is 46.4 Å². The van der Waals surface area contributed by atoms with Crippen molar-refractivity contribution in [1.82, 2.24) is 5.32 Å². The molecule has 1 atom stereocenters. The lowest BCUT2D eigenvalue weighted by Crippen LogP contribution is -2.31. The molecule has 22 heavy (non-hydrogen) atoms. The maximum atomic E-state index is 6.07. The fraction of sp³-hybridized carbons (Fsp3) is 0.167. The minimum atomic E-state index is 0.198. The molecule has 1 unspecified atom stereocenters. The number of piperidine rings is 1. The average Bonchev–Trinajstić information content (AvgIpc) is 2.84. The molecule has 4 heteroatoms. The number of nitrogen functional groups attached to an aromatic ring is 1. The third-order valence-corrected chi connectivity index (χ3v) is 5.09. The van der Waals surface area contributed by atoms with E-state index in [1.54, 1.807) is 0 Å². The molecule has 1 aliphatic heterocycles. The lowest BCUT2D eigenvalue weighted by atomic mass is 9.93. The third-order valence-electron chi connectivity index (χ3n) is 4.42. The molecule has 110 valence electrons. The molecule has 2 aromatic rings. The van der Waals surface area contributed by atoms with Crippen molar-refractivity contribution in [2.45, 2.75) is 18.9 Å². The van der Waals surface area contributed by atoms with Crippen LogP contribution in [-0.2, 0) is 0 Å². The van der Waals surface area contributed by atoms with Crippen LogP contribution in [0.25, 0.3) is 5.57 Å². The first-order chi connectivity index (χ1) is 10.6. The number of thiocarbonyl (C=S) groups is 1. The molecule has 2 aromatic carbocycles. The molecule has 2 nitrogen and oxygen atoms in total. The molecule has 1 saturated heterocycles. The van der Waals surface area contributed by atoms with Gasteiger partial charge in [-0.2, -0.15) is 0 Å². The SMILES string of the molecule is Nc1cc(C2=C3CCC(=S)NC3c3ccccc32)ccc1Cl. The molecule has 0 spiro atoms. The van der Waals surface area contributed by atoms with Gasteiger partial charge in [-0.3, -0.25) is 0 Å². The number of nitrogens with one attached hydrogen (secondary N) is 1. The molecule has 1 fully saturated rings. The summed E-state index contributed by atoms with van der Waals surface area (Å²) in [5, 5.41) is 4.07. The molecule has 0 saturated carbocycles. The van der Waals surface area contributed by atoms with E-state index in [1.807, 2.05) is 18.2 Å². The molecule has 0 aromatic heterocycles. The van der Waals surface area contributed by atoms with E-state index < -0.39 is 0 Å². The predicted molar refractivity (Wildman–Crippen MR) is 96.0 cm³/mol. The minimum Gasteiger partial charge on any atom is -0.398 e. The lowest BCUT2D eigenvalue weighted by Gasteiger charge is -2.26. The van der Waals surface area contributed by atoms with Crippen LogP contribution in [0.1, 0.15) is 35.6 Å². The van der Waals surface area contributed by atoms with Gasteiger partial charge in [0.2, 0.25) is 0 Å². The second kappa shape index (κ2) is 5.11. The first-order valence-corrected chi connectivity index (χ1v) is 8.11. The number of anilines is 1. The third kappa shape index (κ3) is 2.04. The van der Waals surface area contributed by atoms with Crippen LogP contribution in [0.5, 0.6) is 0 Å². The zero-order valence-electron chi connectivity index (χ0n) is 11.9. The van der Waals surface area contributed by atoms with Crippen molar-refractivity contribution in [2.24, 2.45) is 0 Å². The normalized spacial score (nSPS) is 19.7. The van der Waals surface area contributed by atoms with Gasteiger partial charge in [-0.1, -0.05) is 54.2 Å². The van der Waals surface area contributed by atoms with Crippen LogP contribution in [0.4, 0.5) is 5.69 Å². The van der Waals surface area contributed by atoms with Gasteiger partial charge >= 0.3 is 0 Å². The highest BCUT2D eigenvalue weighted by molar-refractivity contribution is 7.80. The van der Waals surface area contributed by atoms with Gasteiger partial charge < -0.3 is 11.1 Å². The van der Waals surface area contributed by atoms with Gasteiger partial charge in [0.25, 0.3) is 0 Å². The number of benzene rings is 2. The maximum absolute atomic E-state index is 6.07. The maximum Gasteiger partial charge on any atom is 0.0763 e. The van der Waals surface area contributed by atoms with Crippen molar-refractivity contribution in [2.75, 3.05) is 5.73 Å². The monoisotopic (exact) mass is 326 g/mol. The van der Waals surface area contributed by atoms with Gasteiger partial charge in [-0.15, -0.1) is 0 Å². The van der Waals surface area contributed by atoms with Gasteiger partial charge in [-0.25, -0.2) is 0 Å². The van der Waals surface area contributed by atoms with E-state index in [-0.39, 0.29) is 6.04 Å². The molecule has 3 N–H and O–H groups in total. The molecular weight excluding hydrogens is 312 g/mol. The van der Waals surface area contributed by atoms with Crippen molar-refractivity contribution in [3.05, 3.63) is 69.8 Å². The van der Waals surface area contributed by atoms with Crippen LogP contribution in [0, 0.1) is 0 Å². The quantitative estimate of drug-likeness (QED) is 0.599. The van der Waals surface area contributed by atoms with Crippen molar-refractivity contribution >= 4 is 40.1 Å². The number of halogens is 1. The topological polar surface area (TPSA) is 38.0 Å². The van der Waals surface area contributed by atoms with E-state index in [2.05, 4.69) is 29.6 Å². The van der Waals surface area contributed by atoms with Crippen molar-refractivity contribution < 1.29 is 0 Å². The number of rotatable bonds is 1. The smallest absolute Gasteiger partial charge is 0.0763 e. The van der Waals surface area contributed by atoms with E-state index in [9.17, 15) is 0 Å². The Morgan fingerprint density at radius 1 is 1.14 bits per heavy atom. The Kier molecular flexibility index (Phi) is 3.21. The summed E-state index contributed by atoms with van der Waals surface area (Å²) in [5.41, 5.74) is 13.0. The van der Waals surface area contributed by atoms with Gasteiger partial charge in [0.05, 0.1) is 21.7 Å². The minimum absolute atomic E-state index is 0.198. The van der Waals surface area contributed by atoms with Crippen LogP contribution < -0.4 is 11.1 Å². The molecule has 4 rings (SSSR count). The molecule has 0 bridgehead atoms. The van der Waals surface area contributed by atoms with Crippen LogP contribution in [-0.4, -0.2) is 4.99 Å². The summed E-state index contributed by atoms with van der Waals surface area (Å²) in [7, 11) is 0. The Bertz CT molecular complexity index is 826. The summed E-state index contributed by atoms with van der Waals surface area (Å²) < 4.78 is 0.